The lowest BCUT2D eigenvalue weighted by molar-refractivity contribution is 0.103. The van der Waals surface area contributed by atoms with Gasteiger partial charge in [0.1, 0.15) is 5.82 Å². The number of anilines is 1. The molecule has 1 aromatic heterocycles. The highest BCUT2D eigenvalue weighted by Gasteiger charge is 2.25. The molecule has 0 spiro atoms. The van der Waals surface area contributed by atoms with Crippen LogP contribution in [0.3, 0.4) is 0 Å². The summed E-state index contributed by atoms with van der Waals surface area (Å²) in [7, 11) is 1.72. The summed E-state index contributed by atoms with van der Waals surface area (Å²) >= 11 is 0. The molecule has 1 unspecified atom stereocenters. The minimum atomic E-state index is -0.316. The molecule has 1 N–H and O–H groups in total. The highest BCUT2D eigenvalue weighted by molar-refractivity contribution is 5.61. The van der Waals surface area contributed by atoms with E-state index in [0.29, 0.717) is 13.2 Å². The molecule has 3 aromatic rings. The number of hydrogen-bond acceptors (Lipinski definition) is 6. The minimum absolute atomic E-state index is 0.316. The molecule has 2 heterocycles. The number of rotatable bonds is 11. The number of aliphatic hydroxyl groups is 1. The Balaban J connectivity index is 1.64. The molecule has 1 atom stereocenters. The van der Waals surface area contributed by atoms with Crippen LogP contribution >= 0.6 is 0 Å². The summed E-state index contributed by atoms with van der Waals surface area (Å²) < 4.78 is 5.60. The summed E-state index contributed by atoms with van der Waals surface area (Å²) in [6.07, 6.45) is 3.91. The standard InChI is InChI=1S/C30H38N4O2/c1-4-5-11-26(35)21-33-16-18-34(19-17-33)30-27(20-24-14-12-23(2)13-15-24)28(22-36-3)31-29(32-30)25-9-7-6-8-10-25/h4,6-10,12-15,26,35H,1,5,11,16-22H2,2-3H3. The number of benzene rings is 2. The third-order valence-electron chi connectivity index (χ3n) is 6.73. The summed E-state index contributed by atoms with van der Waals surface area (Å²) in [5.74, 6) is 1.72. The Morgan fingerprint density at radius 2 is 1.75 bits per heavy atom. The van der Waals surface area contributed by atoms with Crippen molar-refractivity contribution in [2.45, 2.75) is 38.9 Å². The first kappa shape index (κ1) is 26.0. The van der Waals surface area contributed by atoms with E-state index in [2.05, 4.69) is 59.7 Å². The Kier molecular flexibility index (Phi) is 9.23. The van der Waals surface area contributed by atoms with Crippen molar-refractivity contribution in [1.29, 1.82) is 0 Å². The number of aryl methyl sites for hydroxylation is 1. The maximum atomic E-state index is 10.4. The van der Waals surface area contributed by atoms with E-state index in [0.717, 1.165) is 73.9 Å². The lowest BCUT2D eigenvalue weighted by Crippen LogP contribution is -2.49. The molecule has 2 aromatic carbocycles. The molecule has 4 rings (SSSR count). The maximum Gasteiger partial charge on any atom is 0.161 e. The van der Waals surface area contributed by atoms with Crippen molar-refractivity contribution in [2.24, 2.45) is 0 Å². The average Bonchev–Trinajstić information content (AvgIpc) is 2.90. The molecule has 36 heavy (non-hydrogen) atoms. The second-order valence-corrected chi connectivity index (χ2v) is 9.56. The van der Waals surface area contributed by atoms with Gasteiger partial charge in [-0.25, -0.2) is 9.97 Å². The fourth-order valence-electron chi connectivity index (χ4n) is 4.68. The molecule has 1 aliphatic rings. The number of aliphatic hydroxyl groups excluding tert-OH is 1. The van der Waals surface area contributed by atoms with Crippen LogP contribution in [0.25, 0.3) is 11.4 Å². The van der Waals surface area contributed by atoms with E-state index >= 15 is 0 Å². The van der Waals surface area contributed by atoms with E-state index in [1.54, 1.807) is 7.11 Å². The van der Waals surface area contributed by atoms with E-state index in [9.17, 15) is 5.11 Å². The van der Waals surface area contributed by atoms with Gasteiger partial charge >= 0.3 is 0 Å². The summed E-state index contributed by atoms with van der Waals surface area (Å²) in [5, 5.41) is 10.4. The van der Waals surface area contributed by atoms with Crippen molar-refractivity contribution >= 4 is 5.82 Å². The topological polar surface area (TPSA) is 61.7 Å². The fraction of sp³-hybridized carbons (Fsp3) is 0.400. The van der Waals surface area contributed by atoms with Crippen LogP contribution in [0.15, 0.2) is 67.3 Å². The van der Waals surface area contributed by atoms with Gasteiger partial charge in [-0.1, -0.05) is 66.2 Å². The first-order valence-electron chi connectivity index (χ1n) is 12.8. The van der Waals surface area contributed by atoms with Crippen molar-refractivity contribution in [3.63, 3.8) is 0 Å². The van der Waals surface area contributed by atoms with Crippen molar-refractivity contribution in [3.8, 4) is 11.4 Å². The largest absolute Gasteiger partial charge is 0.392 e. The van der Waals surface area contributed by atoms with Gasteiger partial charge in [0.15, 0.2) is 5.82 Å². The predicted molar refractivity (Wildman–Crippen MR) is 146 cm³/mol. The van der Waals surface area contributed by atoms with Crippen LogP contribution in [-0.2, 0) is 17.8 Å². The van der Waals surface area contributed by atoms with Gasteiger partial charge in [0.2, 0.25) is 0 Å². The highest BCUT2D eigenvalue weighted by Crippen LogP contribution is 2.29. The quantitative estimate of drug-likeness (QED) is 0.399. The van der Waals surface area contributed by atoms with Gasteiger partial charge in [-0.05, 0) is 25.3 Å². The van der Waals surface area contributed by atoms with Crippen LogP contribution < -0.4 is 4.90 Å². The number of piperazine rings is 1. The molecule has 190 valence electrons. The second kappa shape index (κ2) is 12.8. The third-order valence-corrected chi connectivity index (χ3v) is 6.73. The number of allylic oxidation sites excluding steroid dienone is 1. The zero-order chi connectivity index (χ0) is 25.3. The minimum Gasteiger partial charge on any atom is -0.392 e. The lowest BCUT2D eigenvalue weighted by atomic mass is 10.0. The van der Waals surface area contributed by atoms with Crippen LogP contribution in [0.1, 0.15) is 35.2 Å². The molecule has 1 saturated heterocycles. The van der Waals surface area contributed by atoms with E-state index in [1.807, 2.05) is 24.3 Å². The zero-order valence-electron chi connectivity index (χ0n) is 21.6. The SMILES string of the molecule is C=CCCC(O)CN1CCN(c2nc(-c3ccccc3)nc(COC)c2Cc2ccc(C)cc2)CC1. The van der Waals surface area contributed by atoms with Gasteiger partial charge in [0.05, 0.1) is 18.4 Å². The van der Waals surface area contributed by atoms with Crippen molar-refractivity contribution in [1.82, 2.24) is 14.9 Å². The molecule has 0 saturated carbocycles. The number of methoxy groups -OCH3 is 1. The lowest BCUT2D eigenvalue weighted by Gasteiger charge is -2.37. The van der Waals surface area contributed by atoms with Gasteiger partial charge in [0.25, 0.3) is 0 Å². The Hall–Kier alpha value is -3.06. The fourth-order valence-corrected chi connectivity index (χ4v) is 4.68. The second-order valence-electron chi connectivity index (χ2n) is 9.56. The Labute approximate surface area is 215 Å². The molecular formula is C30H38N4O2. The van der Waals surface area contributed by atoms with Crippen LogP contribution in [0.5, 0.6) is 0 Å². The molecule has 1 fully saturated rings. The molecule has 6 heteroatoms. The van der Waals surface area contributed by atoms with Crippen molar-refractivity contribution in [3.05, 3.63) is 89.6 Å². The third kappa shape index (κ3) is 6.78. The smallest absolute Gasteiger partial charge is 0.161 e. The number of hydrogen-bond donors (Lipinski definition) is 1. The molecule has 0 bridgehead atoms. The molecule has 0 radical (unpaired) electrons. The summed E-state index contributed by atoms with van der Waals surface area (Å²) in [5.41, 5.74) is 5.54. The normalized spacial score (nSPS) is 15.1. The number of aromatic nitrogens is 2. The van der Waals surface area contributed by atoms with E-state index in [4.69, 9.17) is 14.7 Å². The molecule has 6 nitrogen and oxygen atoms in total. The Morgan fingerprint density at radius 1 is 1.03 bits per heavy atom. The van der Waals surface area contributed by atoms with Crippen LogP contribution in [0, 0.1) is 6.92 Å². The summed E-state index contributed by atoms with van der Waals surface area (Å²) in [4.78, 5) is 14.8. The number of nitrogens with zero attached hydrogens (tertiary/aromatic N) is 4. The van der Waals surface area contributed by atoms with Crippen LogP contribution in [0.4, 0.5) is 5.82 Å². The summed E-state index contributed by atoms with van der Waals surface area (Å²) in [6.45, 7) is 10.5. The number of ether oxygens (including phenoxy) is 1. The van der Waals surface area contributed by atoms with Gasteiger partial charge in [-0.3, -0.25) is 4.90 Å². The van der Waals surface area contributed by atoms with Crippen molar-refractivity contribution < 1.29 is 9.84 Å². The molecular weight excluding hydrogens is 448 g/mol. The van der Waals surface area contributed by atoms with Gasteiger partial charge in [-0.15, -0.1) is 6.58 Å². The molecule has 0 amide bonds. The van der Waals surface area contributed by atoms with Crippen LogP contribution in [-0.4, -0.2) is 65.9 Å². The van der Waals surface area contributed by atoms with Crippen molar-refractivity contribution in [2.75, 3.05) is 44.7 Å². The molecule has 0 aliphatic carbocycles. The van der Waals surface area contributed by atoms with Gasteiger partial charge in [0, 0.05) is 57.4 Å². The molecule has 1 aliphatic heterocycles. The van der Waals surface area contributed by atoms with Gasteiger partial charge < -0.3 is 14.7 Å². The van der Waals surface area contributed by atoms with Gasteiger partial charge in [-0.2, -0.15) is 0 Å². The first-order valence-corrected chi connectivity index (χ1v) is 12.8. The average molecular weight is 487 g/mol. The Morgan fingerprint density at radius 3 is 2.42 bits per heavy atom. The number of β-amino-alcohol motifs (C(OH)–C–C–N with tert-alkyl or cyclic N) is 1. The monoisotopic (exact) mass is 486 g/mol. The van der Waals surface area contributed by atoms with E-state index < -0.39 is 0 Å². The van der Waals surface area contributed by atoms with Crippen LogP contribution in [0.2, 0.25) is 0 Å². The zero-order valence-corrected chi connectivity index (χ0v) is 21.6. The Bertz CT molecular complexity index is 1110. The summed E-state index contributed by atoms with van der Waals surface area (Å²) in [6, 6.07) is 18.8. The van der Waals surface area contributed by atoms with E-state index in [1.165, 1.54) is 11.1 Å². The highest BCUT2D eigenvalue weighted by atomic mass is 16.5. The van der Waals surface area contributed by atoms with E-state index in [-0.39, 0.29) is 6.10 Å². The maximum absolute atomic E-state index is 10.4. The predicted octanol–water partition coefficient (Wildman–Crippen LogP) is 4.64. The first-order chi connectivity index (χ1) is 17.6.